The zero-order valence-electron chi connectivity index (χ0n) is 12.3. The smallest absolute Gasteiger partial charge is 0.225 e. The Bertz CT molecular complexity index is 447. The Kier molecular flexibility index (Phi) is 5.56. The molecule has 1 heterocycles. The summed E-state index contributed by atoms with van der Waals surface area (Å²) in [7, 11) is 0. The van der Waals surface area contributed by atoms with Crippen LogP contribution in [0.1, 0.15) is 38.2 Å². The van der Waals surface area contributed by atoms with Crippen LogP contribution in [0.3, 0.4) is 0 Å². The van der Waals surface area contributed by atoms with Crippen molar-refractivity contribution in [3.8, 4) is 0 Å². The molecule has 0 bridgehead atoms. The highest BCUT2D eigenvalue weighted by Crippen LogP contribution is 2.19. The molecule has 0 aliphatic carbocycles. The fourth-order valence-corrected chi connectivity index (χ4v) is 2.90. The van der Waals surface area contributed by atoms with Crippen molar-refractivity contribution < 1.29 is 4.79 Å². The summed E-state index contributed by atoms with van der Waals surface area (Å²) in [6, 6.07) is 8.39. The molecule has 110 valence electrons. The number of nitrogens with zero attached hydrogens (tertiary/aromatic N) is 1. The van der Waals surface area contributed by atoms with E-state index in [-0.39, 0.29) is 5.91 Å². The van der Waals surface area contributed by atoms with E-state index in [2.05, 4.69) is 17.1 Å². The standard InChI is InChI=1S/C16H25N3O/c1-2-15-7-4-9-19(15)10-8-16(20)18-14-6-3-5-13(11-14)12-17/h3,5-6,11,15H,2,4,7-10,12,17H2,1H3,(H,18,20). The Balaban J connectivity index is 1.80. The monoisotopic (exact) mass is 275 g/mol. The lowest BCUT2D eigenvalue weighted by Crippen LogP contribution is -2.32. The van der Waals surface area contributed by atoms with Gasteiger partial charge in [0.25, 0.3) is 0 Å². The number of hydrogen-bond donors (Lipinski definition) is 2. The molecule has 0 radical (unpaired) electrons. The molecule has 1 unspecified atom stereocenters. The predicted octanol–water partition coefficient (Wildman–Crippen LogP) is 2.35. The molecule has 1 amide bonds. The third-order valence-electron chi connectivity index (χ3n) is 4.04. The van der Waals surface area contributed by atoms with E-state index in [1.807, 2.05) is 24.3 Å². The van der Waals surface area contributed by atoms with E-state index < -0.39 is 0 Å². The van der Waals surface area contributed by atoms with E-state index in [0.717, 1.165) is 24.3 Å². The van der Waals surface area contributed by atoms with Crippen molar-refractivity contribution in [1.29, 1.82) is 0 Å². The van der Waals surface area contributed by atoms with Crippen LogP contribution in [0.4, 0.5) is 5.69 Å². The van der Waals surface area contributed by atoms with Gasteiger partial charge in [-0.05, 0) is 43.5 Å². The molecule has 2 rings (SSSR count). The molecule has 0 spiro atoms. The second-order valence-electron chi connectivity index (χ2n) is 5.44. The number of nitrogens with one attached hydrogen (secondary N) is 1. The maximum atomic E-state index is 12.0. The number of hydrogen-bond acceptors (Lipinski definition) is 3. The summed E-state index contributed by atoms with van der Waals surface area (Å²) < 4.78 is 0. The molecular formula is C16H25N3O. The lowest BCUT2D eigenvalue weighted by molar-refractivity contribution is -0.116. The van der Waals surface area contributed by atoms with Gasteiger partial charge in [-0.2, -0.15) is 0 Å². The third-order valence-corrected chi connectivity index (χ3v) is 4.04. The van der Waals surface area contributed by atoms with Crippen LogP contribution in [0.25, 0.3) is 0 Å². The highest BCUT2D eigenvalue weighted by molar-refractivity contribution is 5.90. The maximum Gasteiger partial charge on any atom is 0.225 e. The fraction of sp³-hybridized carbons (Fsp3) is 0.562. The molecule has 1 fully saturated rings. The van der Waals surface area contributed by atoms with Gasteiger partial charge in [-0.3, -0.25) is 9.69 Å². The van der Waals surface area contributed by atoms with E-state index in [1.165, 1.54) is 19.3 Å². The first-order valence-electron chi connectivity index (χ1n) is 7.56. The summed E-state index contributed by atoms with van der Waals surface area (Å²) in [5.74, 6) is 0.0842. The average molecular weight is 275 g/mol. The first kappa shape index (κ1) is 15.0. The van der Waals surface area contributed by atoms with Gasteiger partial charge in [-0.25, -0.2) is 0 Å². The van der Waals surface area contributed by atoms with Crippen LogP contribution < -0.4 is 11.1 Å². The molecule has 1 aliphatic rings. The highest BCUT2D eigenvalue weighted by Gasteiger charge is 2.22. The summed E-state index contributed by atoms with van der Waals surface area (Å²) >= 11 is 0. The molecule has 3 N–H and O–H groups in total. The molecular weight excluding hydrogens is 250 g/mol. The van der Waals surface area contributed by atoms with E-state index in [0.29, 0.717) is 19.0 Å². The average Bonchev–Trinajstić information content (AvgIpc) is 2.93. The third kappa shape index (κ3) is 4.05. The van der Waals surface area contributed by atoms with Gasteiger partial charge >= 0.3 is 0 Å². The van der Waals surface area contributed by atoms with Crippen molar-refractivity contribution in [2.75, 3.05) is 18.4 Å². The zero-order chi connectivity index (χ0) is 14.4. The number of carbonyl (C=O) groups excluding carboxylic acids is 1. The number of benzene rings is 1. The Morgan fingerprint density at radius 3 is 3.10 bits per heavy atom. The van der Waals surface area contributed by atoms with Crippen LogP contribution in [0.2, 0.25) is 0 Å². The van der Waals surface area contributed by atoms with Gasteiger partial charge in [-0.1, -0.05) is 19.1 Å². The summed E-state index contributed by atoms with van der Waals surface area (Å²) in [6.07, 6.45) is 4.28. The molecule has 1 aliphatic heterocycles. The SMILES string of the molecule is CCC1CCCN1CCC(=O)Nc1cccc(CN)c1. The fourth-order valence-electron chi connectivity index (χ4n) is 2.90. The first-order valence-corrected chi connectivity index (χ1v) is 7.56. The van der Waals surface area contributed by atoms with E-state index in [9.17, 15) is 4.79 Å². The summed E-state index contributed by atoms with van der Waals surface area (Å²) in [4.78, 5) is 14.4. The first-order chi connectivity index (χ1) is 9.72. The number of anilines is 1. The van der Waals surface area contributed by atoms with Gasteiger partial charge in [0, 0.05) is 31.2 Å². The van der Waals surface area contributed by atoms with Crippen LogP contribution >= 0.6 is 0 Å². The second kappa shape index (κ2) is 7.41. The molecule has 0 saturated carbocycles. The number of carbonyl (C=O) groups is 1. The largest absolute Gasteiger partial charge is 0.326 e. The molecule has 4 nitrogen and oxygen atoms in total. The lowest BCUT2D eigenvalue weighted by Gasteiger charge is -2.22. The number of nitrogens with two attached hydrogens (primary N) is 1. The molecule has 4 heteroatoms. The van der Waals surface area contributed by atoms with Crippen LogP contribution in [0, 0.1) is 0 Å². The van der Waals surface area contributed by atoms with Crippen molar-refractivity contribution in [2.24, 2.45) is 5.73 Å². The van der Waals surface area contributed by atoms with Crippen molar-refractivity contribution in [1.82, 2.24) is 4.90 Å². The van der Waals surface area contributed by atoms with Gasteiger partial charge in [0.15, 0.2) is 0 Å². The van der Waals surface area contributed by atoms with Crippen LogP contribution in [-0.4, -0.2) is 29.9 Å². The zero-order valence-corrected chi connectivity index (χ0v) is 12.3. The minimum absolute atomic E-state index is 0.0842. The molecule has 1 atom stereocenters. The van der Waals surface area contributed by atoms with Gasteiger partial charge < -0.3 is 11.1 Å². The van der Waals surface area contributed by atoms with Gasteiger partial charge in [0.05, 0.1) is 0 Å². The topological polar surface area (TPSA) is 58.4 Å². The normalized spacial score (nSPS) is 19.2. The molecule has 1 saturated heterocycles. The maximum absolute atomic E-state index is 12.0. The predicted molar refractivity (Wildman–Crippen MR) is 82.5 cm³/mol. The summed E-state index contributed by atoms with van der Waals surface area (Å²) in [6.45, 7) is 4.71. The number of amides is 1. The molecule has 1 aromatic carbocycles. The minimum atomic E-state index is 0.0842. The van der Waals surface area contributed by atoms with E-state index >= 15 is 0 Å². The lowest BCUT2D eigenvalue weighted by atomic mass is 10.1. The van der Waals surface area contributed by atoms with Gasteiger partial charge in [0.2, 0.25) is 5.91 Å². The Morgan fingerprint density at radius 1 is 1.50 bits per heavy atom. The van der Waals surface area contributed by atoms with E-state index in [1.54, 1.807) is 0 Å². The highest BCUT2D eigenvalue weighted by atomic mass is 16.1. The molecule has 20 heavy (non-hydrogen) atoms. The van der Waals surface area contributed by atoms with Crippen LogP contribution in [0.15, 0.2) is 24.3 Å². The van der Waals surface area contributed by atoms with Gasteiger partial charge in [-0.15, -0.1) is 0 Å². The minimum Gasteiger partial charge on any atom is -0.326 e. The number of rotatable bonds is 6. The Hall–Kier alpha value is -1.39. The van der Waals surface area contributed by atoms with Crippen molar-refractivity contribution in [2.45, 2.75) is 45.2 Å². The van der Waals surface area contributed by atoms with Crippen molar-refractivity contribution >= 4 is 11.6 Å². The van der Waals surface area contributed by atoms with Crippen LogP contribution in [-0.2, 0) is 11.3 Å². The van der Waals surface area contributed by atoms with Crippen LogP contribution in [0.5, 0.6) is 0 Å². The summed E-state index contributed by atoms with van der Waals surface area (Å²) in [5, 5.41) is 2.95. The Morgan fingerprint density at radius 2 is 2.35 bits per heavy atom. The quantitative estimate of drug-likeness (QED) is 0.838. The van der Waals surface area contributed by atoms with E-state index in [4.69, 9.17) is 5.73 Å². The number of likely N-dealkylation sites (tertiary alicyclic amines) is 1. The second-order valence-corrected chi connectivity index (χ2v) is 5.44. The van der Waals surface area contributed by atoms with Crippen molar-refractivity contribution in [3.05, 3.63) is 29.8 Å². The summed E-state index contributed by atoms with van der Waals surface area (Å²) in [5.41, 5.74) is 7.48. The van der Waals surface area contributed by atoms with Crippen molar-refractivity contribution in [3.63, 3.8) is 0 Å². The Labute approximate surface area is 121 Å². The molecule has 1 aromatic rings. The molecule has 0 aromatic heterocycles. The van der Waals surface area contributed by atoms with Gasteiger partial charge in [0.1, 0.15) is 0 Å².